The number of rotatable bonds is 11. The average Bonchev–Trinajstić information content (AvgIpc) is 3.31. The molecule has 0 aliphatic carbocycles. The van der Waals surface area contributed by atoms with Crippen molar-refractivity contribution >= 4 is 32.6 Å². The molecule has 0 aliphatic heterocycles. The number of likely N-dealkylation sites (N-methyl/N-ethyl adjacent to an activating group) is 1. The van der Waals surface area contributed by atoms with Crippen LogP contribution in [-0.4, -0.2) is 48.6 Å². The predicted molar refractivity (Wildman–Crippen MR) is 146 cm³/mol. The van der Waals surface area contributed by atoms with Crippen molar-refractivity contribution in [1.82, 2.24) is 9.88 Å². The Bertz CT molecular complexity index is 1180. The lowest BCUT2D eigenvalue weighted by atomic mass is 9.90. The van der Waals surface area contributed by atoms with Gasteiger partial charge in [0, 0.05) is 13.1 Å². The van der Waals surface area contributed by atoms with Gasteiger partial charge < -0.3 is 9.64 Å². The molecule has 35 heavy (non-hydrogen) atoms. The zero-order valence-electron chi connectivity index (χ0n) is 20.7. The molecule has 0 saturated carbocycles. The Morgan fingerprint density at radius 2 is 1.51 bits per heavy atom. The Hall–Kier alpha value is -3.22. The summed E-state index contributed by atoms with van der Waals surface area (Å²) in [7, 11) is 0. The van der Waals surface area contributed by atoms with Crippen LogP contribution in [0.4, 0.5) is 5.13 Å². The van der Waals surface area contributed by atoms with E-state index in [1.807, 2.05) is 90.7 Å². The van der Waals surface area contributed by atoms with Crippen LogP contribution in [0.2, 0.25) is 0 Å². The number of thiazole rings is 1. The van der Waals surface area contributed by atoms with Gasteiger partial charge in [-0.15, -0.1) is 0 Å². The first kappa shape index (κ1) is 24.9. The van der Waals surface area contributed by atoms with Crippen molar-refractivity contribution in [3.05, 3.63) is 90.0 Å². The lowest BCUT2D eigenvalue weighted by Crippen LogP contribution is -2.41. The van der Waals surface area contributed by atoms with Crippen LogP contribution in [0.5, 0.6) is 5.75 Å². The third-order valence-electron chi connectivity index (χ3n) is 6.20. The maximum atomic E-state index is 14.3. The van der Waals surface area contributed by atoms with Crippen LogP contribution in [0.25, 0.3) is 10.2 Å². The number of aromatic nitrogens is 1. The van der Waals surface area contributed by atoms with Crippen molar-refractivity contribution < 1.29 is 9.53 Å². The fourth-order valence-corrected chi connectivity index (χ4v) is 5.30. The molecule has 0 aliphatic rings. The van der Waals surface area contributed by atoms with Crippen molar-refractivity contribution in [3.8, 4) is 5.75 Å². The van der Waals surface area contributed by atoms with Gasteiger partial charge in [0.05, 0.1) is 22.7 Å². The Labute approximate surface area is 212 Å². The number of anilines is 1. The molecule has 4 rings (SSSR count). The summed E-state index contributed by atoms with van der Waals surface area (Å²) in [5, 5.41) is 0.725. The smallest absolute Gasteiger partial charge is 0.240 e. The number of hydrogen-bond donors (Lipinski definition) is 0. The van der Waals surface area contributed by atoms with Gasteiger partial charge in [0.2, 0.25) is 5.91 Å². The number of ether oxygens (including phenoxy) is 1. The molecule has 0 unspecified atom stereocenters. The van der Waals surface area contributed by atoms with Gasteiger partial charge in [-0.1, -0.05) is 85.8 Å². The summed E-state index contributed by atoms with van der Waals surface area (Å²) in [5.74, 6) is 0.460. The van der Waals surface area contributed by atoms with Gasteiger partial charge in [-0.25, -0.2) is 4.98 Å². The SMILES string of the molecule is CCOc1ccc2nc(N(CCN(CC)CC)C(=O)C(c3ccccc3)c3ccccc3)sc2c1. The number of fused-ring (bicyclic) bond motifs is 1. The Morgan fingerprint density at radius 1 is 0.886 bits per heavy atom. The van der Waals surface area contributed by atoms with Crippen LogP contribution in [-0.2, 0) is 4.79 Å². The van der Waals surface area contributed by atoms with Gasteiger partial charge >= 0.3 is 0 Å². The second-order valence-corrected chi connectivity index (χ2v) is 9.34. The molecule has 3 aromatic carbocycles. The summed E-state index contributed by atoms with van der Waals surface area (Å²) in [6.45, 7) is 10.1. The Kier molecular flexibility index (Phi) is 8.50. The van der Waals surface area contributed by atoms with Crippen LogP contribution in [0.3, 0.4) is 0 Å². The van der Waals surface area contributed by atoms with Crippen molar-refractivity contribution in [2.75, 3.05) is 37.7 Å². The third-order valence-corrected chi connectivity index (χ3v) is 7.24. The van der Waals surface area contributed by atoms with Gasteiger partial charge in [-0.05, 0) is 49.3 Å². The highest BCUT2D eigenvalue weighted by atomic mass is 32.1. The van der Waals surface area contributed by atoms with Gasteiger partial charge in [0.25, 0.3) is 0 Å². The summed E-state index contributed by atoms with van der Waals surface area (Å²) in [5.41, 5.74) is 2.85. The first-order valence-electron chi connectivity index (χ1n) is 12.3. The van der Waals surface area contributed by atoms with Crippen molar-refractivity contribution in [3.63, 3.8) is 0 Å². The lowest BCUT2D eigenvalue weighted by molar-refractivity contribution is -0.119. The van der Waals surface area contributed by atoms with Gasteiger partial charge in [0.1, 0.15) is 5.75 Å². The number of carbonyl (C=O) groups is 1. The van der Waals surface area contributed by atoms with Crippen molar-refractivity contribution in [1.29, 1.82) is 0 Å². The number of hydrogen-bond acceptors (Lipinski definition) is 5. The lowest BCUT2D eigenvalue weighted by Gasteiger charge is -2.28. The van der Waals surface area contributed by atoms with Crippen LogP contribution in [0.1, 0.15) is 37.8 Å². The fraction of sp³-hybridized carbons (Fsp3) is 0.310. The molecule has 0 N–H and O–H groups in total. The number of carbonyl (C=O) groups excluding carboxylic acids is 1. The van der Waals surface area contributed by atoms with E-state index < -0.39 is 5.92 Å². The molecular weight excluding hydrogens is 454 g/mol. The van der Waals surface area contributed by atoms with Gasteiger partial charge in [0.15, 0.2) is 5.13 Å². The van der Waals surface area contributed by atoms with E-state index >= 15 is 0 Å². The zero-order valence-corrected chi connectivity index (χ0v) is 21.5. The van der Waals surface area contributed by atoms with E-state index in [1.54, 1.807) is 11.3 Å². The zero-order chi connectivity index (χ0) is 24.6. The molecule has 1 heterocycles. The molecule has 0 bridgehead atoms. The molecule has 4 aromatic rings. The molecule has 1 amide bonds. The van der Waals surface area contributed by atoms with Crippen LogP contribution in [0.15, 0.2) is 78.9 Å². The van der Waals surface area contributed by atoms with E-state index in [0.29, 0.717) is 13.2 Å². The molecule has 0 radical (unpaired) electrons. The quantitative estimate of drug-likeness (QED) is 0.253. The van der Waals surface area contributed by atoms with Crippen LogP contribution < -0.4 is 9.64 Å². The van der Waals surface area contributed by atoms with E-state index in [0.717, 1.165) is 51.9 Å². The first-order chi connectivity index (χ1) is 17.1. The molecule has 1 aromatic heterocycles. The minimum absolute atomic E-state index is 0.0404. The minimum atomic E-state index is -0.403. The first-order valence-corrected chi connectivity index (χ1v) is 13.1. The molecule has 0 fully saturated rings. The van der Waals surface area contributed by atoms with Crippen molar-refractivity contribution in [2.24, 2.45) is 0 Å². The van der Waals surface area contributed by atoms with E-state index in [1.165, 1.54) is 0 Å². The maximum absolute atomic E-state index is 14.3. The second kappa shape index (κ2) is 12.0. The van der Waals surface area contributed by atoms with E-state index in [2.05, 4.69) is 18.7 Å². The van der Waals surface area contributed by atoms with Crippen LogP contribution in [0, 0.1) is 0 Å². The number of nitrogens with zero attached hydrogens (tertiary/aromatic N) is 3. The highest BCUT2D eigenvalue weighted by molar-refractivity contribution is 7.22. The molecule has 5 nitrogen and oxygen atoms in total. The maximum Gasteiger partial charge on any atom is 0.240 e. The van der Waals surface area contributed by atoms with E-state index in [9.17, 15) is 4.79 Å². The average molecular weight is 488 g/mol. The van der Waals surface area contributed by atoms with E-state index in [4.69, 9.17) is 9.72 Å². The number of benzene rings is 3. The highest BCUT2D eigenvalue weighted by Gasteiger charge is 2.30. The third kappa shape index (κ3) is 5.89. The molecule has 6 heteroatoms. The topological polar surface area (TPSA) is 45.7 Å². The summed E-state index contributed by atoms with van der Waals surface area (Å²) >= 11 is 1.54. The molecule has 182 valence electrons. The molecule has 0 spiro atoms. The summed E-state index contributed by atoms with van der Waals surface area (Å²) in [6, 6.07) is 26.0. The Morgan fingerprint density at radius 3 is 2.09 bits per heavy atom. The molecule has 0 saturated heterocycles. The van der Waals surface area contributed by atoms with E-state index in [-0.39, 0.29) is 5.91 Å². The summed E-state index contributed by atoms with van der Waals surface area (Å²) in [4.78, 5) is 23.4. The monoisotopic (exact) mass is 487 g/mol. The van der Waals surface area contributed by atoms with Gasteiger partial charge in [-0.3, -0.25) is 9.69 Å². The number of amides is 1. The highest BCUT2D eigenvalue weighted by Crippen LogP contribution is 2.35. The Balaban J connectivity index is 1.76. The normalized spacial score (nSPS) is 11.3. The fourth-order valence-electron chi connectivity index (χ4n) is 4.27. The van der Waals surface area contributed by atoms with Crippen LogP contribution >= 0.6 is 11.3 Å². The standard InChI is InChI=1S/C29H33N3O2S/c1-4-31(5-2)19-20-32(29-30-25-18-17-24(34-6-3)21-26(25)35-29)28(33)27(22-13-9-7-10-14-22)23-15-11-8-12-16-23/h7-18,21,27H,4-6,19-20H2,1-3H3. The largest absolute Gasteiger partial charge is 0.494 e. The van der Waals surface area contributed by atoms with Crippen molar-refractivity contribution in [2.45, 2.75) is 26.7 Å². The second-order valence-electron chi connectivity index (χ2n) is 8.33. The summed E-state index contributed by atoms with van der Waals surface area (Å²) < 4.78 is 6.70. The predicted octanol–water partition coefficient (Wildman–Crippen LogP) is 6.20. The van der Waals surface area contributed by atoms with Gasteiger partial charge in [-0.2, -0.15) is 0 Å². The minimum Gasteiger partial charge on any atom is -0.494 e. The summed E-state index contributed by atoms with van der Waals surface area (Å²) in [6.07, 6.45) is 0. The molecular formula is C29H33N3O2S. The molecule has 0 atom stereocenters.